The van der Waals surface area contributed by atoms with Crippen molar-refractivity contribution in [1.29, 1.82) is 0 Å². The van der Waals surface area contributed by atoms with Gasteiger partial charge >= 0.3 is 12.1 Å². The number of benzene rings is 2. The lowest BCUT2D eigenvalue weighted by molar-refractivity contribution is -0.137. The second-order valence-corrected chi connectivity index (χ2v) is 5.11. The van der Waals surface area contributed by atoms with E-state index in [1.165, 1.54) is 6.07 Å². The normalized spacial score (nSPS) is 11.2. The maximum absolute atomic E-state index is 12.6. The van der Waals surface area contributed by atoms with Gasteiger partial charge in [0.25, 0.3) is 0 Å². The molecule has 0 fully saturated rings. The van der Waals surface area contributed by atoms with Crippen LogP contribution in [0.5, 0.6) is 0 Å². The lowest BCUT2D eigenvalue weighted by Crippen LogP contribution is -2.10. The van der Waals surface area contributed by atoms with Gasteiger partial charge in [-0.15, -0.1) is 0 Å². The zero-order valence-electron chi connectivity index (χ0n) is 10.7. The smallest absolute Gasteiger partial charge is 0.416 e. The van der Waals surface area contributed by atoms with E-state index in [1.54, 1.807) is 24.3 Å². The van der Waals surface area contributed by atoms with E-state index in [4.69, 9.17) is 4.74 Å². The lowest BCUT2D eigenvalue weighted by Gasteiger charge is -2.10. The summed E-state index contributed by atoms with van der Waals surface area (Å²) in [7, 11) is 0. The van der Waals surface area contributed by atoms with Gasteiger partial charge in [0.15, 0.2) is 0 Å². The summed E-state index contributed by atoms with van der Waals surface area (Å²) in [5.74, 6) is -0.808. The number of hydrogen-bond donors (Lipinski definition) is 0. The molecule has 0 saturated carbocycles. The van der Waals surface area contributed by atoms with E-state index in [2.05, 4.69) is 15.9 Å². The van der Waals surface area contributed by atoms with Crippen molar-refractivity contribution in [3.63, 3.8) is 0 Å². The first-order valence-corrected chi connectivity index (χ1v) is 6.75. The third kappa shape index (κ3) is 4.07. The number of rotatable bonds is 3. The summed E-state index contributed by atoms with van der Waals surface area (Å²) in [6.07, 6.45) is -4.50. The fourth-order valence-electron chi connectivity index (χ4n) is 1.66. The molecule has 110 valence electrons. The molecule has 0 N–H and O–H groups in total. The van der Waals surface area contributed by atoms with Crippen molar-refractivity contribution >= 4 is 21.9 Å². The summed E-state index contributed by atoms with van der Waals surface area (Å²) >= 11 is 3.06. The lowest BCUT2D eigenvalue weighted by atomic mass is 10.1. The van der Waals surface area contributed by atoms with E-state index in [0.717, 1.165) is 17.7 Å². The van der Waals surface area contributed by atoms with Crippen LogP contribution in [0.15, 0.2) is 53.0 Å². The van der Waals surface area contributed by atoms with Crippen molar-refractivity contribution in [2.75, 3.05) is 0 Å². The Bertz CT molecular complexity index is 639. The van der Waals surface area contributed by atoms with Crippen molar-refractivity contribution in [3.8, 4) is 0 Å². The molecule has 2 aromatic rings. The molecule has 6 heteroatoms. The summed E-state index contributed by atoms with van der Waals surface area (Å²) in [5, 5.41) is 0. The minimum atomic E-state index is -4.50. The van der Waals surface area contributed by atoms with Crippen LogP contribution in [0, 0.1) is 0 Å². The highest BCUT2D eigenvalue weighted by Crippen LogP contribution is 2.32. The summed E-state index contributed by atoms with van der Waals surface area (Å²) in [4.78, 5) is 11.9. The van der Waals surface area contributed by atoms with Gasteiger partial charge < -0.3 is 4.74 Å². The van der Waals surface area contributed by atoms with Crippen LogP contribution >= 0.6 is 15.9 Å². The number of halogens is 4. The van der Waals surface area contributed by atoms with Gasteiger partial charge in [0.05, 0.1) is 11.1 Å². The summed E-state index contributed by atoms with van der Waals surface area (Å²) in [6, 6.07) is 11.8. The molecule has 0 amide bonds. The first-order chi connectivity index (χ1) is 9.88. The fourth-order valence-corrected chi connectivity index (χ4v) is 2.07. The molecule has 0 atom stereocenters. The van der Waals surface area contributed by atoms with Crippen LogP contribution in [0.3, 0.4) is 0 Å². The third-order valence-electron chi connectivity index (χ3n) is 2.73. The Balaban J connectivity index is 2.15. The zero-order chi connectivity index (χ0) is 15.5. The molecule has 21 heavy (non-hydrogen) atoms. The van der Waals surface area contributed by atoms with Gasteiger partial charge in [0.2, 0.25) is 0 Å². The molecule has 0 aliphatic carbocycles. The molecule has 0 bridgehead atoms. The molecule has 0 aromatic heterocycles. The van der Waals surface area contributed by atoms with Crippen molar-refractivity contribution in [2.45, 2.75) is 12.8 Å². The van der Waals surface area contributed by atoms with Gasteiger partial charge in [-0.05, 0) is 39.7 Å². The van der Waals surface area contributed by atoms with Crippen LogP contribution in [-0.4, -0.2) is 5.97 Å². The first kappa shape index (κ1) is 15.6. The largest absolute Gasteiger partial charge is 0.457 e. The number of carbonyl (C=O) groups excluding carboxylic acids is 1. The maximum atomic E-state index is 12.6. The topological polar surface area (TPSA) is 26.3 Å². The summed E-state index contributed by atoms with van der Waals surface area (Å²) < 4.78 is 43.2. The third-order valence-corrected chi connectivity index (χ3v) is 3.42. The molecule has 2 nitrogen and oxygen atoms in total. The first-order valence-electron chi connectivity index (χ1n) is 5.96. The predicted octanol–water partition coefficient (Wildman–Crippen LogP) is 4.82. The molecule has 0 aliphatic heterocycles. The molecule has 0 radical (unpaired) electrons. The molecule has 0 unspecified atom stereocenters. The molecule has 2 rings (SSSR count). The second kappa shape index (κ2) is 6.30. The number of carbonyl (C=O) groups is 1. The standard InChI is InChI=1S/C15H10BrF3O2/c16-13-7-6-11(15(17,18)19)8-12(13)14(20)21-9-10-4-2-1-3-5-10/h1-8H,9H2. The van der Waals surface area contributed by atoms with Crippen LogP contribution in [-0.2, 0) is 17.5 Å². The summed E-state index contributed by atoms with van der Waals surface area (Å²) in [6.45, 7) is 0.00234. The van der Waals surface area contributed by atoms with E-state index < -0.39 is 17.7 Å². The number of hydrogen-bond acceptors (Lipinski definition) is 2. The SMILES string of the molecule is O=C(OCc1ccccc1)c1cc(C(F)(F)F)ccc1Br. The Morgan fingerprint density at radius 1 is 1.10 bits per heavy atom. The zero-order valence-corrected chi connectivity index (χ0v) is 12.2. The molecular weight excluding hydrogens is 349 g/mol. The molecule has 0 aliphatic rings. The van der Waals surface area contributed by atoms with Gasteiger partial charge in [-0.2, -0.15) is 13.2 Å². The Morgan fingerprint density at radius 3 is 2.38 bits per heavy atom. The van der Waals surface area contributed by atoms with Crippen molar-refractivity contribution in [2.24, 2.45) is 0 Å². The highest BCUT2D eigenvalue weighted by atomic mass is 79.9. The summed E-state index contributed by atoms with van der Waals surface area (Å²) in [5.41, 5.74) is -0.285. The molecule has 0 heterocycles. The Kier molecular flexibility index (Phi) is 4.67. The fraction of sp³-hybridized carbons (Fsp3) is 0.133. The van der Waals surface area contributed by atoms with Crippen LogP contribution in [0.1, 0.15) is 21.5 Å². The van der Waals surface area contributed by atoms with E-state index in [1.807, 2.05) is 6.07 Å². The molecule has 2 aromatic carbocycles. The van der Waals surface area contributed by atoms with E-state index in [-0.39, 0.29) is 16.6 Å². The van der Waals surface area contributed by atoms with Gasteiger partial charge in [0, 0.05) is 4.47 Å². The highest BCUT2D eigenvalue weighted by Gasteiger charge is 2.31. The highest BCUT2D eigenvalue weighted by molar-refractivity contribution is 9.10. The van der Waals surface area contributed by atoms with E-state index >= 15 is 0 Å². The predicted molar refractivity (Wildman–Crippen MR) is 74.7 cm³/mol. The average molecular weight is 359 g/mol. The second-order valence-electron chi connectivity index (χ2n) is 4.25. The van der Waals surface area contributed by atoms with Crippen molar-refractivity contribution < 1.29 is 22.7 Å². The Morgan fingerprint density at radius 2 is 1.76 bits per heavy atom. The van der Waals surface area contributed by atoms with Gasteiger partial charge in [-0.25, -0.2) is 4.79 Å². The average Bonchev–Trinajstić information content (AvgIpc) is 2.45. The van der Waals surface area contributed by atoms with Crippen molar-refractivity contribution in [3.05, 3.63) is 69.7 Å². The monoisotopic (exact) mass is 358 g/mol. The van der Waals surface area contributed by atoms with Gasteiger partial charge in [0.1, 0.15) is 6.61 Å². The molecule has 0 saturated heterocycles. The van der Waals surface area contributed by atoms with Crippen LogP contribution < -0.4 is 0 Å². The van der Waals surface area contributed by atoms with E-state index in [9.17, 15) is 18.0 Å². The minimum Gasteiger partial charge on any atom is -0.457 e. The Labute approximate surface area is 127 Å². The van der Waals surface area contributed by atoms with Crippen LogP contribution in [0.4, 0.5) is 13.2 Å². The number of alkyl halides is 3. The van der Waals surface area contributed by atoms with Crippen LogP contribution in [0.25, 0.3) is 0 Å². The number of ether oxygens (including phenoxy) is 1. The molecule has 0 spiro atoms. The quantitative estimate of drug-likeness (QED) is 0.735. The van der Waals surface area contributed by atoms with E-state index in [0.29, 0.717) is 0 Å². The van der Waals surface area contributed by atoms with Crippen LogP contribution in [0.2, 0.25) is 0 Å². The molecular formula is C15H10BrF3O2. The van der Waals surface area contributed by atoms with Crippen molar-refractivity contribution in [1.82, 2.24) is 0 Å². The minimum absolute atomic E-state index is 0.00234. The van der Waals surface area contributed by atoms with Gasteiger partial charge in [-0.1, -0.05) is 30.3 Å². The maximum Gasteiger partial charge on any atom is 0.416 e. The Hall–Kier alpha value is -1.82. The van der Waals surface area contributed by atoms with Gasteiger partial charge in [-0.3, -0.25) is 0 Å². The number of esters is 1.